The molecule has 0 saturated carbocycles. The summed E-state index contributed by atoms with van der Waals surface area (Å²) < 4.78 is 3.59. The minimum absolute atomic E-state index is 0.209. The maximum absolute atomic E-state index is 11.5. The SMILES string of the molecule is Cn1cnc2c(=O)[nH]c3nccn3c21. The number of imidazole rings is 2. The molecule has 0 aliphatic carbocycles. The first-order valence-corrected chi connectivity index (χ1v) is 4.14. The molecule has 0 spiro atoms. The number of aromatic amines is 1. The number of hydrogen-bond acceptors (Lipinski definition) is 3. The number of hydrogen-bond donors (Lipinski definition) is 1. The molecular formula is C8H7N5O. The molecule has 3 aromatic heterocycles. The van der Waals surface area contributed by atoms with Crippen LogP contribution in [0.4, 0.5) is 0 Å². The van der Waals surface area contributed by atoms with Crippen molar-refractivity contribution < 1.29 is 0 Å². The van der Waals surface area contributed by atoms with Gasteiger partial charge in [0.1, 0.15) is 0 Å². The zero-order valence-electron chi connectivity index (χ0n) is 7.43. The number of aromatic nitrogens is 5. The molecule has 0 unspecified atom stereocenters. The van der Waals surface area contributed by atoms with Crippen LogP contribution in [0.3, 0.4) is 0 Å². The van der Waals surface area contributed by atoms with Gasteiger partial charge in [0, 0.05) is 19.4 Å². The predicted molar refractivity (Wildman–Crippen MR) is 50.1 cm³/mol. The van der Waals surface area contributed by atoms with Crippen molar-refractivity contribution in [3.05, 3.63) is 29.1 Å². The fraction of sp³-hybridized carbons (Fsp3) is 0.125. The van der Waals surface area contributed by atoms with E-state index in [1.54, 1.807) is 27.7 Å². The third-order valence-corrected chi connectivity index (χ3v) is 2.22. The van der Waals surface area contributed by atoms with Gasteiger partial charge in [0.05, 0.1) is 6.33 Å². The topological polar surface area (TPSA) is 68.0 Å². The van der Waals surface area contributed by atoms with E-state index in [0.717, 1.165) is 5.65 Å². The van der Waals surface area contributed by atoms with Gasteiger partial charge in [-0.15, -0.1) is 0 Å². The lowest BCUT2D eigenvalue weighted by molar-refractivity contribution is 0.916. The molecule has 0 fully saturated rings. The number of nitrogens with zero attached hydrogens (tertiary/aromatic N) is 4. The highest BCUT2D eigenvalue weighted by Crippen LogP contribution is 2.07. The molecule has 0 aromatic carbocycles. The molecule has 0 bridgehead atoms. The van der Waals surface area contributed by atoms with Crippen LogP contribution in [0.5, 0.6) is 0 Å². The lowest BCUT2D eigenvalue weighted by atomic mass is 10.5. The van der Waals surface area contributed by atoms with Gasteiger partial charge in [-0.2, -0.15) is 0 Å². The zero-order valence-corrected chi connectivity index (χ0v) is 7.43. The summed E-state index contributed by atoms with van der Waals surface area (Å²) in [6, 6.07) is 0. The Hall–Kier alpha value is -2.11. The van der Waals surface area contributed by atoms with E-state index in [0.29, 0.717) is 11.3 Å². The molecule has 3 rings (SSSR count). The van der Waals surface area contributed by atoms with Crippen molar-refractivity contribution in [3.8, 4) is 0 Å². The average Bonchev–Trinajstić information content (AvgIpc) is 2.71. The average molecular weight is 189 g/mol. The molecule has 0 aliphatic rings. The standard InChI is InChI=1S/C8H7N5O/c1-12-4-10-5-6(14)11-8-9-2-3-13(8)7(5)12/h2-4H,1H3,(H,9,11,14). The van der Waals surface area contributed by atoms with E-state index in [1.165, 1.54) is 0 Å². The molecule has 0 radical (unpaired) electrons. The molecule has 6 heteroatoms. The molecule has 3 heterocycles. The molecule has 14 heavy (non-hydrogen) atoms. The normalized spacial score (nSPS) is 11.5. The van der Waals surface area contributed by atoms with Gasteiger partial charge in [-0.3, -0.25) is 14.2 Å². The lowest BCUT2D eigenvalue weighted by Gasteiger charge is -1.97. The first kappa shape index (κ1) is 7.31. The van der Waals surface area contributed by atoms with Gasteiger partial charge in [-0.1, -0.05) is 0 Å². The molecule has 0 saturated heterocycles. The molecule has 6 nitrogen and oxygen atoms in total. The molecule has 3 aromatic rings. The third kappa shape index (κ3) is 0.723. The highest BCUT2D eigenvalue weighted by Gasteiger charge is 2.08. The Morgan fingerprint density at radius 2 is 2.29 bits per heavy atom. The summed E-state index contributed by atoms with van der Waals surface area (Å²) in [5.74, 6) is 0.533. The van der Waals surface area contributed by atoms with Crippen LogP contribution >= 0.6 is 0 Å². The largest absolute Gasteiger partial charge is 0.319 e. The smallest absolute Gasteiger partial charge is 0.280 e. The Morgan fingerprint density at radius 1 is 1.43 bits per heavy atom. The molecule has 1 N–H and O–H groups in total. The number of nitrogens with one attached hydrogen (secondary N) is 1. The van der Waals surface area contributed by atoms with Gasteiger partial charge >= 0.3 is 0 Å². The van der Waals surface area contributed by atoms with Crippen LogP contribution in [0.1, 0.15) is 0 Å². The maximum atomic E-state index is 11.5. The van der Waals surface area contributed by atoms with Crippen molar-refractivity contribution in [2.75, 3.05) is 0 Å². The Balaban J connectivity index is 2.78. The first-order chi connectivity index (χ1) is 6.77. The molecule has 0 amide bonds. The van der Waals surface area contributed by atoms with Gasteiger partial charge in [0.25, 0.3) is 5.56 Å². The summed E-state index contributed by atoms with van der Waals surface area (Å²) >= 11 is 0. The van der Waals surface area contributed by atoms with Gasteiger partial charge in [0.15, 0.2) is 11.2 Å². The summed E-state index contributed by atoms with van der Waals surface area (Å²) in [6.45, 7) is 0. The fourth-order valence-corrected chi connectivity index (χ4v) is 1.60. The second kappa shape index (κ2) is 2.22. The zero-order chi connectivity index (χ0) is 9.71. The first-order valence-electron chi connectivity index (χ1n) is 4.14. The summed E-state index contributed by atoms with van der Waals surface area (Å²) in [7, 11) is 1.84. The van der Waals surface area contributed by atoms with Crippen LogP contribution < -0.4 is 5.56 Å². The second-order valence-electron chi connectivity index (χ2n) is 3.10. The maximum Gasteiger partial charge on any atom is 0.280 e. The third-order valence-electron chi connectivity index (χ3n) is 2.22. The lowest BCUT2D eigenvalue weighted by Crippen LogP contribution is -2.10. The van der Waals surface area contributed by atoms with E-state index in [9.17, 15) is 4.79 Å². The summed E-state index contributed by atoms with van der Waals surface area (Å²) in [5, 5.41) is 0. The molecule has 0 atom stereocenters. The van der Waals surface area contributed by atoms with E-state index >= 15 is 0 Å². The summed E-state index contributed by atoms with van der Waals surface area (Å²) in [6.07, 6.45) is 5.03. The van der Waals surface area contributed by atoms with Gasteiger partial charge in [-0.05, 0) is 0 Å². The highest BCUT2D eigenvalue weighted by molar-refractivity contribution is 5.72. The van der Waals surface area contributed by atoms with Gasteiger partial charge < -0.3 is 4.57 Å². The van der Waals surface area contributed by atoms with Crippen LogP contribution in [-0.2, 0) is 7.05 Å². The second-order valence-corrected chi connectivity index (χ2v) is 3.10. The Morgan fingerprint density at radius 3 is 3.14 bits per heavy atom. The predicted octanol–water partition coefficient (Wildman–Crippen LogP) is -0.0907. The minimum atomic E-state index is -0.209. The van der Waals surface area contributed by atoms with Gasteiger partial charge in [-0.25, -0.2) is 9.97 Å². The van der Waals surface area contributed by atoms with E-state index < -0.39 is 0 Å². The van der Waals surface area contributed by atoms with Crippen LogP contribution in [0.25, 0.3) is 16.9 Å². The number of aryl methyl sites for hydroxylation is 1. The number of fused-ring (bicyclic) bond motifs is 3. The van der Waals surface area contributed by atoms with E-state index in [-0.39, 0.29) is 5.56 Å². The van der Waals surface area contributed by atoms with Crippen molar-refractivity contribution in [3.63, 3.8) is 0 Å². The van der Waals surface area contributed by atoms with E-state index in [2.05, 4.69) is 15.0 Å². The quantitative estimate of drug-likeness (QED) is 0.537. The number of H-pyrrole nitrogens is 1. The van der Waals surface area contributed by atoms with Crippen molar-refractivity contribution >= 4 is 16.9 Å². The monoisotopic (exact) mass is 189 g/mol. The molecular weight excluding hydrogens is 182 g/mol. The molecule has 70 valence electrons. The highest BCUT2D eigenvalue weighted by atomic mass is 16.1. The Kier molecular flexibility index (Phi) is 1.16. The molecule has 0 aliphatic heterocycles. The van der Waals surface area contributed by atoms with Crippen LogP contribution in [0, 0.1) is 0 Å². The fourth-order valence-electron chi connectivity index (χ4n) is 1.60. The summed E-state index contributed by atoms with van der Waals surface area (Å²) in [4.78, 5) is 22.2. The van der Waals surface area contributed by atoms with Crippen molar-refractivity contribution in [1.82, 2.24) is 23.9 Å². The van der Waals surface area contributed by atoms with Crippen LogP contribution in [0.2, 0.25) is 0 Å². The van der Waals surface area contributed by atoms with Crippen molar-refractivity contribution in [2.45, 2.75) is 0 Å². The Labute approximate surface area is 77.8 Å². The Bertz CT molecular complexity index is 674. The van der Waals surface area contributed by atoms with Crippen LogP contribution in [-0.4, -0.2) is 23.9 Å². The van der Waals surface area contributed by atoms with E-state index in [4.69, 9.17) is 0 Å². The number of rotatable bonds is 0. The summed E-state index contributed by atoms with van der Waals surface area (Å²) in [5.41, 5.74) is 0.971. The minimum Gasteiger partial charge on any atom is -0.319 e. The van der Waals surface area contributed by atoms with Crippen molar-refractivity contribution in [2.24, 2.45) is 7.05 Å². The van der Waals surface area contributed by atoms with E-state index in [1.807, 2.05) is 7.05 Å². The van der Waals surface area contributed by atoms with Gasteiger partial charge in [0.2, 0.25) is 5.78 Å². The van der Waals surface area contributed by atoms with Crippen molar-refractivity contribution in [1.29, 1.82) is 0 Å². The van der Waals surface area contributed by atoms with Crippen LogP contribution in [0.15, 0.2) is 23.5 Å².